The topological polar surface area (TPSA) is 93.7 Å². The van der Waals surface area contributed by atoms with Crippen molar-refractivity contribution in [1.82, 2.24) is 0 Å². The maximum atomic E-state index is 12.2. The van der Waals surface area contributed by atoms with E-state index in [2.05, 4.69) is 10.6 Å². The van der Waals surface area contributed by atoms with Gasteiger partial charge in [-0.2, -0.15) is 0 Å². The Bertz CT molecular complexity index is 932. The van der Waals surface area contributed by atoms with Gasteiger partial charge in [0.2, 0.25) is 12.7 Å². The molecule has 7 nitrogen and oxygen atoms in total. The van der Waals surface area contributed by atoms with Crippen molar-refractivity contribution >= 4 is 29.0 Å². The molecular weight excluding hydrogens is 348 g/mol. The summed E-state index contributed by atoms with van der Waals surface area (Å²) >= 11 is 0. The maximum Gasteiger partial charge on any atom is 0.251 e. The maximum absolute atomic E-state index is 12.2. The standard InChI is InChI=1S/C20H18N2O5/c1-12(20(25)22-15-5-3-14(4-6-15)13(2)23)9-19(24)21-16-7-8-17-18(10-16)27-11-26-17/h3-10H,11H2,1-2H3,(H,21,24)(H,22,25)/b12-9-. The van der Waals surface area contributed by atoms with Crippen molar-refractivity contribution in [3.63, 3.8) is 0 Å². The zero-order valence-electron chi connectivity index (χ0n) is 14.9. The fraction of sp³-hybridized carbons (Fsp3) is 0.150. The van der Waals surface area contributed by atoms with Crippen LogP contribution < -0.4 is 20.1 Å². The lowest BCUT2D eigenvalue weighted by Gasteiger charge is -2.07. The van der Waals surface area contributed by atoms with Gasteiger partial charge in [0.05, 0.1) is 0 Å². The lowest BCUT2D eigenvalue weighted by Crippen LogP contribution is -2.16. The largest absolute Gasteiger partial charge is 0.454 e. The number of amides is 2. The lowest BCUT2D eigenvalue weighted by atomic mass is 10.1. The van der Waals surface area contributed by atoms with Crippen LogP contribution in [-0.4, -0.2) is 24.4 Å². The Labute approximate surface area is 156 Å². The van der Waals surface area contributed by atoms with E-state index in [0.29, 0.717) is 28.4 Å². The Morgan fingerprint density at radius 2 is 1.56 bits per heavy atom. The first-order chi connectivity index (χ1) is 12.9. The third kappa shape index (κ3) is 4.52. The lowest BCUT2D eigenvalue weighted by molar-refractivity contribution is -0.114. The molecule has 1 heterocycles. The molecule has 7 heteroatoms. The molecule has 0 fully saturated rings. The van der Waals surface area contributed by atoms with E-state index in [-0.39, 0.29) is 18.1 Å². The number of rotatable bonds is 5. The van der Waals surface area contributed by atoms with Crippen LogP contribution in [0.1, 0.15) is 24.2 Å². The van der Waals surface area contributed by atoms with Crippen molar-refractivity contribution in [2.24, 2.45) is 0 Å². The fourth-order valence-corrected chi connectivity index (χ4v) is 2.43. The number of ketones is 1. The number of anilines is 2. The van der Waals surface area contributed by atoms with Crippen molar-refractivity contribution < 1.29 is 23.9 Å². The molecule has 0 saturated carbocycles. The van der Waals surface area contributed by atoms with Crippen LogP contribution in [0.4, 0.5) is 11.4 Å². The predicted octanol–water partition coefficient (Wildman–Crippen LogP) is 3.14. The normalized spacial score (nSPS) is 12.4. The molecule has 1 aliphatic rings. The minimum absolute atomic E-state index is 0.0517. The van der Waals surface area contributed by atoms with Gasteiger partial charge in [-0.05, 0) is 50.2 Å². The molecule has 2 aromatic carbocycles. The van der Waals surface area contributed by atoms with Gasteiger partial charge in [0.1, 0.15) is 0 Å². The monoisotopic (exact) mass is 366 g/mol. The van der Waals surface area contributed by atoms with Crippen LogP contribution in [0.2, 0.25) is 0 Å². The SMILES string of the molecule is CC(=O)c1ccc(NC(=O)/C(C)=C\C(=O)Nc2ccc3c(c2)OCO3)cc1. The zero-order chi connectivity index (χ0) is 19.4. The van der Waals surface area contributed by atoms with Crippen LogP contribution in [0.25, 0.3) is 0 Å². The van der Waals surface area contributed by atoms with Crippen molar-refractivity contribution in [3.8, 4) is 11.5 Å². The smallest absolute Gasteiger partial charge is 0.251 e. The molecule has 3 rings (SSSR count). The summed E-state index contributed by atoms with van der Waals surface area (Å²) in [6.07, 6.45) is 1.21. The van der Waals surface area contributed by atoms with E-state index < -0.39 is 11.8 Å². The number of hydrogen-bond donors (Lipinski definition) is 2. The summed E-state index contributed by atoms with van der Waals surface area (Å²) < 4.78 is 10.5. The molecule has 0 aromatic heterocycles. The van der Waals surface area contributed by atoms with Gasteiger partial charge < -0.3 is 20.1 Å². The Morgan fingerprint density at radius 3 is 2.26 bits per heavy atom. The number of Topliss-reactive ketones (excluding diaryl/α,β-unsaturated/α-hetero) is 1. The van der Waals surface area contributed by atoms with Crippen LogP contribution in [0.3, 0.4) is 0 Å². The van der Waals surface area contributed by atoms with E-state index in [1.807, 2.05) is 0 Å². The van der Waals surface area contributed by atoms with Gasteiger partial charge in [-0.1, -0.05) is 0 Å². The van der Waals surface area contributed by atoms with E-state index in [4.69, 9.17) is 9.47 Å². The summed E-state index contributed by atoms with van der Waals surface area (Å²) in [4.78, 5) is 35.6. The van der Waals surface area contributed by atoms with E-state index in [9.17, 15) is 14.4 Å². The summed E-state index contributed by atoms with van der Waals surface area (Å²) in [5.41, 5.74) is 1.87. The number of benzene rings is 2. The molecule has 2 aromatic rings. The van der Waals surface area contributed by atoms with E-state index in [1.54, 1.807) is 49.4 Å². The molecule has 1 aliphatic heterocycles. The highest BCUT2D eigenvalue weighted by atomic mass is 16.7. The average molecular weight is 366 g/mol. The van der Waals surface area contributed by atoms with Crippen molar-refractivity contribution in [2.75, 3.05) is 17.4 Å². The van der Waals surface area contributed by atoms with Crippen molar-refractivity contribution in [1.29, 1.82) is 0 Å². The summed E-state index contributed by atoms with van der Waals surface area (Å²) in [6, 6.07) is 11.6. The second-order valence-electron chi connectivity index (χ2n) is 5.97. The van der Waals surface area contributed by atoms with Gasteiger partial charge >= 0.3 is 0 Å². The Kier molecular flexibility index (Phi) is 5.21. The van der Waals surface area contributed by atoms with Gasteiger partial charge in [-0.25, -0.2) is 0 Å². The number of ether oxygens (including phenoxy) is 2. The third-order valence-electron chi connectivity index (χ3n) is 3.90. The molecular formula is C20H18N2O5. The van der Waals surface area contributed by atoms with Crippen LogP contribution in [-0.2, 0) is 9.59 Å². The van der Waals surface area contributed by atoms with Crippen molar-refractivity contribution in [3.05, 3.63) is 59.7 Å². The fourth-order valence-electron chi connectivity index (χ4n) is 2.43. The number of hydrogen-bond acceptors (Lipinski definition) is 5. The summed E-state index contributed by atoms with van der Waals surface area (Å²) in [5.74, 6) is 0.277. The molecule has 0 unspecified atom stereocenters. The molecule has 0 spiro atoms. The summed E-state index contributed by atoms with van der Waals surface area (Å²) in [7, 11) is 0. The molecule has 0 aliphatic carbocycles. The molecule has 2 N–H and O–H groups in total. The highest BCUT2D eigenvalue weighted by Gasteiger charge is 2.14. The predicted molar refractivity (Wildman–Crippen MR) is 100 cm³/mol. The molecule has 138 valence electrons. The highest BCUT2D eigenvalue weighted by Crippen LogP contribution is 2.34. The van der Waals surface area contributed by atoms with Crippen LogP contribution >= 0.6 is 0 Å². The molecule has 0 atom stereocenters. The number of fused-ring (bicyclic) bond motifs is 1. The van der Waals surface area contributed by atoms with E-state index in [0.717, 1.165) is 0 Å². The molecule has 0 saturated heterocycles. The Hall–Kier alpha value is -3.61. The van der Waals surface area contributed by atoms with E-state index in [1.165, 1.54) is 13.0 Å². The first kappa shape index (κ1) is 18.2. The minimum Gasteiger partial charge on any atom is -0.454 e. The number of carbonyl (C=O) groups is 3. The quantitative estimate of drug-likeness (QED) is 0.626. The summed E-state index contributed by atoms with van der Waals surface area (Å²) in [6.45, 7) is 3.16. The highest BCUT2D eigenvalue weighted by molar-refractivity contribution is 6.10. The van der Waals surface area contributed by atoms with Gasteiger partial charge in [-0.3, -0.25) is 14.4 Å². The van der Waals surface area contributed by atoms with Gasteiger partial charge in [0.15, 0.2) is 17.3 Å². The second-order valence-corrected chi connectivity index (χ2v) is 5.97. The van der Waals surface area contributed by atoms with Gasteiger partial charge in [-0.15, -0.1) is 0 Å². The number of nitrogens with one attached hydrogen (secondary N) is 2. The first-order valence-electron chi connectivity index (χ1n) is 8.23. The Morgan fingerprint density at radius 1 is 0.889 bits per heavy atom. The molecule has 2 amide bonds. The van der Waals surface area contributed by atoms with Crippen LogP contribution in [0, 0.1) is 0 Å². The summed E-state index contributed by atoms with van der Waals surface area (Å²) in [5, 5.41) is 5.35. The Balaban J connectivity index is 1.60. The minimum atomic E-state index is -0.437. The molecule has 0 radical (unpaired) electrons. The van der Waals surface area contributed by atoms with Gasteiger partial charge in [0, 0.05) is 34.7 Å². The van der Waals surface area contributed by atoms with E-state index >= 15 is 0 Å². The van der Waals surface area contributed by atoms with Crippen molar-refractivity contribution in [2.45, 2.75) is 13.8 Å². The average Bonchev–Trinajstić information content (AvgIpc) is 3.09. The van der Waals surface area contributed by atoms with Gasteiger partial charge in [0.25, 0.3) is 5.91 Å². The molecule has 0 bridgehead atoms. The second kappa shape index (κ2) is 7.74. The third-order valence-corrected chi connectivity index (χ3v) is 3.90. The van der Waals surface area contributed by atoms with Crippen LogP contribution in [0.5, 0.6) is 11.5 Å². The first-order valence-corrected chi connectivity index (χ1v) is 8.23. The number of carbonyl (C=O) groups excluding carboxylic acids is 3. The zero-order valence-corrected chi connectivity index (χ0v) is 14.9. The van der Waals surface area contributed by atoms with Crippen LogP contribution in [0.15, 0.2) is 54.1 Å². The molecule has 27 heavy (non-hydrogen) atoms.